The maximum Gasteiger partial charge on any atom is 0.341 e. The normalized spacial score (nSPS) is 10.1. The summed E-state index contributed by atoms with van der Waals surface area (Å²) in [4.78, 5) is 15.3. The molecule has 0 saturated heterocycles. The minimum Gasteiger partial charge on any atom is -0.467 e. The Bertz CT molecular complexity index is 554. The number of anilines is 1. The summed E-state index contributed by atoms with van der Waals surface area (Å²) in [5.74, 6) is 0.821. The van der Waals surface area contributed by atoms with Gasteiger partial charge in [-0.05, 0) is 18.2 Å². The molecular weight excluding hydrogens is 256 g/mol. The van der Waals surface area contributed by atoms with Crippen LogP contribution in [0.5, 0.6) is 0 Å². The molecule has 0 spiro atoms. The average Bonchev–Trinajstić information content (AvgIpc) is 2.84. The molecule has 0 amide bonds. The summed E-state index contributed by atoms with van der Waals surface area (Å²) in [5.41, 5.74) is 0.383. The molecule has 0 aromatic carbocycles. The van der Waals surface area contributed by atoms with E-state index in [1.807, 2.05) is 0 Å². The third-order valence-corrected chi connectivity index (χ3v) is 2.44. The number of hydrogen-bond acceptors (Lipinski definition) is 5. The first-order valence-electron chi connectivity index (χ1n) is 5.21. The standard InChI is InChI=1S/C12H11ClN2O3/c1-17-12(16)8-5-9(18-7-8)6-14-11-4-2-3-10(13)15-11/h2-5,7H,6H2,1H3,(H,14,15). The smallest absolute Gasteiger partial charge is 0.341 e. The monoisotopic (exact) mass is 266 g/mol. The van der Waals surface area contributed by atoms with Gasteiger partial charge in [-0.1, -0.05) is 17.7 Å². The summed E-state index contributed by atoms with van der Waals surface area (Å²) in [6.07, 6.45) is 1.36. The first-order valence-corrected chi connectivity index (χ1v) is 5.59. The highest BCUT2D eigenvalue weighted by Crippen LogP contribution is 2.13. The van der Waals surface area contributed by atoms with Crippen LogP contribution in [0.2, 0.25) is 5.15 Å². The summed E-state index contributed by atoms with van der Waals surface area (Å²) < 4.78 is 9.79. The van der Waals surface area contributed by atoms with Crippen LogP contribution in [0.15, 0.2) is 34.9 Å². The zero-order chi connectivity index (χ0) is 13.0. The first-order chi connectivity index (χ1) is 8.69. The third-order valence-electron chi connectivity index (χ3n) is 2.23. The lowest BCUT2D eigenvalue weighted by Crippen LogP contribution is -2.01. The first kappa shape index (κ1) is 12.4. The quantitative estimate of drug-likeness (QED) is 0.681. The van der Waals surface area contributed by atoms with Crippen LogP contribution in [0.25, 0.3) is 0 Å². The minimum atomic E-state index is -0.425. The number of aromatic nitrogens is 1. The summed E-state index contributed by atoms with van der Waals surface area (Å²) in [6.45, 7) is 0.407. The van der Waals surface area contributed by atoms with E-state index in [-0.39, 0.29) is 0 Å². The second-order valence-corrected chi connectivity index (χ2v) is 3.88. The summed E-state index contributed by atoms with van der Waals surface area (Å²) in [6, 6.07) is 6.88. The van der Waals surface area contributed by atoms with Gasteiger partial charge in [0.1, 0.15) is 23.0 Å². The van der Waals surface area contributed by atoms with Crippen molar-refractivity contribution in [1.29, 1.82) is 0 Å². The molecule has 0 aliphatic rings. The number of halogens is 1. The van der Waals surface area contributed by atoms with Crippen molar-refractivity contribution in [3.8, 4) is 0 Å². The molecule has 18 heavy (non-hydrogen) atoms. The van der Waals surface area contributed by atoms with Gasteiger partial charge in [0.05, 0.1) is 19.2 Å². The number of carbonyl (C=O) groups is 1. The Labute approximate surface area is 109 Å². The van der Waals surface area contributed by atoms with Crippen LogP contribution in [-0.4, -0.2) is 18.1 Å². The van der Waals surface area contributed by atoms with Crippen LogP contribution in [-0.2, 0) is 11.3 Å². The Kier molecular flexibility index (Phi) is 3.84. The van der Waals surface area contributed by atoms with Gasteiger partial charge in [0, 0.05) is 0 Å². The number of pyridine rings is 1. The zero-order valence-electron chi connectivity index (χ0n) is 9.64. The third kappa shape index (κ3) is 3.01. The van der Waals surface area contributed by atoms with E-state index in [1.165, 1.54) is 13.4 Å². The zero-order valence-corrected chi connectivity index (χ0v) is 10.4. The lowest BCUT2D eigenvalue weighted by Gasteiger charge is -2.02. The Morgan fingerprint density at radius 1 is 1.56 bits per heavy atom. The predicted octanol–water partition coefficient (Wildman–Crippen LogP) is 2.73. The second-order valence-electron chi connectivity index (χ2n) is 3.49. The van der Waals surface area contributed by atoms with Gasteiger partial charge in [-0.3, -0.25) is 0 Å². The van der Waals surface area contributed by atoms with E-state index >= 15 is 0 Å². The topological polar surface area (TPSA) is 64.4 Å². The molecule has 94 valence electrons. The minimum absolute atomic E-state index is 0.383. The number of nitrogens with one attached hydrogen (secondary N) is 1. The van der Waals surface area contributed by atoms with Crippen LogP contribution in [0.4, 0.5) is 5.82 Å². The van der Waals surface area contributed by atoms with E-state index in [4.69, 9.17) is 16.0 Å². The highest BCUT2D eigenvalue weighted by atomic mass is 35.5. The van der Waals surface area contributed by atoms with E-state index < -0.39 is 5.97 Å². The van der Waals surface area contributed by atoms with Gasteiger partial charge in [-0.25, -0.2) is 9.78 Å². The maximum atomic E-state index is 11.2. The molecule has 6 heteroatoms. The molecule has 0 bridgehead atoms. The van der Waals surface area contributed by atoms with E-state index in [0.717, 1.165) is 0 Å². The van der Waals surface area contributed by atoms with Gasteiger partial charge in [0.15, 0.2) is 0 Å². The van der Waals surface area contributed by atoms with Crippen molar-refractivity contribution in [3.05, 3.63) is 47.0 Å². The van der Waals surface area contributed by atoms with Crippen LogP contribution in [0.1, 0.15) is 16.1 Å². The number of nitrogens with zero attached hydrogens (tertiary/aromatic N) is 1. The number of ether oxygens (including phenoxy) is 1. The van der Waals surface area contributed by atoms with Gasteiger partial charge in [0.25, 0.3) is 0 Å². The van der Waals surface area contributed by atoms with Crippen LogP contribution >= 0.6 is 11.6 Å². The van der Waals surface area contributed by atoms with Gasteiger partial charge < -0.3 is 14.5 Å². The number of rotatable bonds is 4. The molecule has 0 radical (unpaired) electrons. The van der Waals surface area contributed by atoms with Crippen molar-refractivity contribution in [1.82, 2.24) is 4.98 Å². The number of hydrogen-bond donors (Lipinski definition) is 1. The van der Waals surface area contributed by atoms with Crippen LogP contribution < -0.4 is 5.32 Å². The molecular formula is C12H11ClN2O3. The highest BCUT2D eigenvalue weighted by molar-refractivity contribution is 6.29. The Balaban J connectivity index is 1.98. The lowest BCUT2D eigenvalue weighted by molar-refractivity contribution is 0.0600. The molecule has 2 heterocycles. The summed E-state index contributed by atoms with van der Waals surface area (Å²) >= 11 is 5.76. The van der Waals surface area contributed by atoms with E-state index in [9.17, 15) is 4.79 Å². The Morgan fingerprint density at radius 2 is 2.39 bits per heavy atom. The van der Waals surface area contributed by atoms with E-state index in [1.54, 1.807) is 24.3 Å². The molecule has 0 atom stereocenters. The molecule has 0 aliphatic heterocycles. The van der Waals surface area contributed by atoms with Crippen molar-refractivity contribution < 1.29 is 13.9 Å². The second kappa shape index (κ2) is 5.55. The van der Waals surface area contributed by atoms with Gasteiger partial charge in [0.2, 0.25) is 0 Å². The summed E-state index contributed by atoms with van der Waals surface area (Å²) in [7, 11) is 1.32. The van der Waals surface area contributed by atoms with Gasteiger partial charge >= 0.3 is 5.97 Å². The predicted molar refractivity (Wildman–Crippen MR) is 66.6 cm³/mol. The van der Waals surface area contributed by atoms with E-state index in [0.29, 0.717) is 28.8 Å². The molecule has 2 aromatic heterocycles. The van der Waals surface area contributed by atoms with Crippen molar-refractivity contribution in [2.45, 2.75) is 6.54 Å². The number of furan rings is 1. The van der Waals surface area contributed by atoms with Gasteiger partial charge in [-0.2, -0.15) is 0 Å². The molecule has 2 rings (SSSR count). The average molecular weight is 267 g/mol. The molecule has 0 aliphatic carbocycles. The van der Waals surface area contributed by atoms with Crippen LogP contribution in [0, 0.1) is 0 Å². The molecule has 2 aromatic rings. The Hall–Kier alpha value is -2.01. The summed E-state index contributed by atoms with van der Waals surface area (Å²) in [5, 5.41) is 3.44. The molecule has 0 unspecified atom stereocenters. The van der Waals surface area contributed by atoms with Crippen molar-refractivity contribution >= 4 is 23.4 Å². The van der Waals surface area contributed by atoms with Crippen LogP contribution in [0.3, 0.4) is 0 Å². The fourth-order valence-corrected chi connectivity index (χ4v) is 1.55. The number of esters is 1. The molecule has 5 nitrogen and oxygen atoms in total. The fourth-order valence-electron chi connectivity index (χ4n) is 1.38. The van der Waals surface area contributed by atoms with Crippen molar-refractivity contribution in [2.24, 2.45) is 0 Å². The largest absolute Gasteiger partial charge is 0.467 e. The molecule has 0 fully saturated rings. The van der Waals surface area contributed by atoms with Crippen molar-refractivity contribution in [3.63, 3.8) is 0 Å². The van der Waals surface area contributed by atoms with Crippen molar-refractivity contribution in [2.75, 3.05) is 12.4 Å². The van der Waals surface area contributed by atoms with E-state index in [2.05, 4.69) is 15.0 Å². The fraction of sp³-hybridized carbons (Fsp3) is 0.167. The lowest BCUT2D eigenvalue weighted by atomic mass is 10.3. The SMILES string of the molecule is COC(=O)c1coc(CNc2cccc(Cl)n2)c1. The highest BCUT2D eigenvalue weighted by Gasteiger charge is 2.09. The Morgan fingerprint density at radius 3 is 3.11 bits per heavy atom. The maximum absolute atomic E-state index is 11.2. The molecule has 0 saturated carbocycles. The van der Waals surface area contributed by atoms with Gasteiger partial charge in [-0.15, -0.1) is 0 Å². The number of carbonyl (C=O) groups excluding carboxylic acids is 1. The molecule has 1 N–H and O–H groups in total. The number of methoxy groups -OCH3 is 1.